The van der Waals surface area contributed by atoms with Crippen molar-refractivity contribution in [1.29, 1.82) is 0 Å². The molecule has 13 heavy (non-hydrogen) atoms. The zero-order valence-corrected chi connectivity index (χ0v) is 7.60. The topological polar surface area (TPSA) is 60.9 Å². The second kappa shape index (κ2) is 4.00. The molecule has 1 heterocycles. The van der Waals surface area contributed by atoms with Gasteiger partial charge < -0.3 is 5.73 Å². The molecule has 1 aromatic rings. The second-order valence-corrected chi connectivity index (χ2v) is 2.88. The largest absolute Gasteiger partial charge is 0.318 e. The number of aromatic nitrogens is 2. The lowest BCUT2D eigenvalue weighted by atomic mass is 10.1. The third-order valence-electron chi connectivity index (χ3n) is 1.78. The molecule has 70 valence electrons. The van der Waals surface area contributed by atoms with Crippen molar-refractivity contribution in [1.82, 2.24) is 9.78 Å². The Morgan fingerprint density at radius 1 is 1.92 bits per heavy atom. The van der Waals surface area contributed by atoms with Crippen molar-refractivity contribution in [2.75, 3.05) is 0 Å². The summed E-state index contributed by atoms with van der Waals surface area (Å²) in [4.78, 5) is 11.3. The average Bonchev–Trinajstić information content (AvgIpc) is 2.51. The summed E-state index contributed by atoms with van der Waals surface area (Å²) in [6, 6.07) is -0.577. The number of nitrogens with two attached hydrogens (primary N) is 1. The summed E-state index contributed by atoms with van der Waals surface area (Å²) >= 11 is 0. The van der Waals surface area contributed by atoms with Gasteiger partial charge in [0.25, 0.3) is 0 Å². The Kier molecular flexibility index (Phi) is 2.97. The van der Waals surface area contributed by atoms with Crippen molar-refractivity contribution in [3.05, 3.63) is 30.6 Å². The highest BCUT2D eigenvalue weighted by Crippen LogP contribution is 2.11. The van der Waals surface area contributed by atoms with Gasteiger partial charge in [-0.25, -0.2) is 0 Å². The van der Waals surface area contributed by atoms with E-state index in [1.165, 1.54) is 0 Å². The molecule has 0 spiro atoms. The number of aryl methyl sites for hydroxylation is 1. The number of hydrogen-bond acceptors (Lipinski definition) is 3. The fraction of sp³-hybridized carbons (Fsp3) is 0.333. The van der Waals surface area contributed by atoms with Crippen LogP contribution in [-0.2, 0) is 11.8 Å². The molecule has 0 amide bonds. The first-order chi connectivity index (χ1) is 6.15. The summed E-state index contributed by atoms with van der Waals surface area (Å²) in [5.74, 6) is -0.0389. The predicted octanol–water partition coefficient (Wildman–Crippen LogP) is 0.565. The number of carbonyl (C=O) groups is 1. The van der Waals surface area contributed by atoms with E-state index in [-0.39, 0.29) is 5.78 Å². The predicted molar refractivity (Wildman–Crippen MR) is 50.0 cm³/mol. The van der Waals surface area contributed by atoms with Crippen LogP contribution in [0.5, 0.6) is 0 Å². The van der Waals surface area contributed by atoms with Crippen LogP contribution in [-0.4, -0.2) is 15.6 Å². The van der Waals surface area contributed by atoms with Gasteiger partial charge in [-0.15, -0.1) is 6.58 Å². The van der Waals surface area contributed by atoms with E-state index < -0.39 is 6.04 Å². The Hall–Kier alpha value is -1.42. The van der Waals surface area contributed by atoms with E-state index >= 15 is 0 Å². The zero-order valence-electron chi connectivity index (χ0n) is 7.60. The van der Waals surface area contributed by atoms with Gasteiger partial charge in [0.1, 0.15) is 0 Å². The molecular formula is C9H13N3O. The van der Waals surface area contributed by atoms with Crippen molar-refractivity contribution in [3.8, 4) is 0 Å². The van der Waals surface area contributed by atoms with Gasteiger partial charge in [0.15, 0.2) is 5.78 Å². The number of carbonyl (C=O) groups excluding carboxylic acids is 1. The highest BCUT2D eigenvalue weighted by atomic mass is 16.1. The fourth-order valence-electron chi connectivity index (χ4n) is 1.06. The lowest BCUT2D eigenvalue weighted by molar-refractivity contribution is -0.119. The molecule has 4 heteroatoms. The Balaban J connectivity index is 2.72. The summed E-state index contributed by atoms with van der Waals surface area (Å²) in [5, 5.41) is 3.94. The molecule has 1 unspecified atom stereocenters. The molecule has 1 atom stereocenters. The molecule has 2 N–H and O–H groups in total. The SMILES string of the molecule is C=CCC(=O)C(N)c1cnn(C)c1. The highest BCUT2D eigenvalue weighted by molar-refractivity contribution is 5.86. The highest BCUT2D eigenvalue weighted by Gasteiger charge is 2.15. The number of rotatable bonds is 4. The first-order valence-corrected chi connectivity index (χ1v) is 4.03. The number of hydrogen-bond donors (Lipinski definition) is 1. The normalized spacial score (nSPS) is 12.5. The van der Waals surface area contributed by atoms with Crippen LogP contribution in [0.25, 0.3) is 0 Å². The van der Waals surface area contributed by atoms with Gasteiger partial charge in [0, 0.05) is 25.2 Å². The summed E-state index contributed by atoms with van der Waals surface area (Å²) in [6.45, 7) is 3.48. The van der Waals surface area contributed by atoms with Gasteiger partial charge in [0.2, 0.25) is 0 Å². The smallest absolute Gasteiger partial charge is 0.157 e. The van der Waals surface area contributed by atoms with Gasteiger partial charge in [0.05, 0.1) is 12.2 Å². The zero-order chi connectivity index (χ0) is 9.84. The van der Waals surface area contributed by atoms with Gasteiger partial charge >= 0.3 is 0 Å². The maximum absolute atomic E-state index is 11.3. The fourth-order valence-corrected chi connectivity index (χ4v) is 1.06. The summed E-state index contributed by atoms with van der Waals surface area (Å²) in [6.07, 6.45) is 5.20. The molecule has 0 saturated heterocycles. The minimum absolute atomic E-state index is 0.0389. The van der Waals surface area contributed by atoms with Crippen LogP contribution in [0.15, 0.2) is 25.0 Å². The average molecular weight is 179 g/mol. The van der Waals surface area contributed by atoms with Crippen LogP contribution < -0.4 is 5.73 Å². The van der Waals surface area contributed by atoms with Gasteiger partial charge in [-0.2, -0.15) is 5.10 Å². The Morgan fingerprint density at radius 3 is 3.08 bits per heavy atom. The first-order valence-electron chi connectivity index (χ1n) is 4.03. The summed E-state index contributed by atoms with van der Waals surface area (Å²) in [7, 11) is 1.79. The van der Waals surface area contributed by atoms with E-state index in [1.54, 1.807) is 30.2 Å². The van der Waals surface area contributed by atoms with Crippen LogP contribution >= 0.6 is 0 Å². The lowest BCUT2D eigenvalue weighted by Gasteiger charge is -2.05. The lowest BCUT2D eigenvalue weighted by Crippen LogP contribution is -2.20. The van der Waals surface area contributed by atoms with Gasteiger partial charge in [-0.3, -0.25) is 9.48 Å². The van der Waals surface area contributed by atoms with Crippen molar-refractivity contribution in [2.24, 2.45) is 12.8 Å². The van der Waals surface area contributed by atoms with Crippen molar-refractivity contribution in [2.45, 2.75) is 12.5 Å². The third kappa shape index (κ3) is 2.26. The van der Waals surface area contributed by atoms with E-state index in [2.05, 4.69) is 11.7 Å². The maximum Gasteiger partial charge on any atom is 0.157 e. The molecule has 1 aromatic heterocycles. The minimum atomic E-state index is -0.577. The monoisotopic (exact) mass is 179 g/mol. The van der Waals surface area contributed by atoms with Crippen LogP contribution in [0.2, 0.25) is 0 Å². The standard InChI is InChI=1S/C9H13N3O/c1-3-4-8(13)9(10)7-5-11-12(2)6-7/h3,5-6,9H,1,4,10H2,2H3. The van der Waals surface area contributed by atoms with E-state index in [4.69, 9.17) is 5.73 Å². The van der Waals surface area contributed by atoms with E-state index in [0.717, 1.165) is 5.56 Å². The van der Waals surface area contributed by atoms with Crippen LogP contribution in [0.1, 0.15) is 18.0 Å². The van der Waals surface area contributed by atoms with E-state index in [0.29, 0.717) is 6.42 Å². The molecule has 0 saturated carbocycles. The molecule has 0 bridgehead atoms. The van der Waals surface area contributed by atoms with Crippen molar-refractivity contribution in [3.63, 3.8) is 0 Å². The molecule has 0 aromatic carbocycles. The molecule has 0 aliphatic heterocycles. The number of ketones is 1. The van der Waals surface area contributed by atoms with Crippen LogP contribution in [0.4, 0.5) is 0 Å². The summed E-state index contributed by atoms with van der Waals surface area (Å²) < 4.78 is 1.62. The van der Waals surface area contributed by atoms with E-state index in [1.807, 2.05) is 0 Å². The molecule has 0 radical (unpaired) electrons. The quantitative estimate of drug-likeness (QED) is 0.687. The number of Topliss-reactive ketones (excluding diaryl/α,β-unsaturated/α-hetero) is 1. The van der Waals surface area contributed by atoms with Gasteiger partial charge in [-0.05, 0) is 0 Å². The molecule has 4 nitrogen and oxygen atoms in total. The number of allylic oxidation sites excluding steroid dienone is 1. The van der Waals surface area contributed by atoms with Crippen LogP contribution in [0.3, 0.4) is 0 Å². The molecule has 0 fully saturated rings. The molecule has 1 rings (SSSR count). The van der Waals surface area contributed by atoms with Crippen molar-refractivity contribution < 1.29 is 4.79 Å². The third-order valence-corrected chi connectivity index (χ3v) is 1.78. The Bertz CT molecular complexity index is 316. The second-order valence-electron chi connectivity index (χ2n) is 2.88. The van der Waals surface area contributed by atoms with E-state index in [9.17, 15) is 4.79 Å². The number of nitrogens with zero attached hydrogens (tertiary/aromatic N) is 2. The first kappa shape index (κ1) is 9.67. The molecular weight excluding hydrogens is 166 g/mol. The van der Waals surface area contributed by atoms with Gasteiger partial charge in [-0.1, -0.05) is 6.08 Å². The molecule has 0 aliphatic carbocycles. The summed E-state index contributed by atoms with van der Waals surface area (Å²) in [5.41, 5.74) is 6.43. The van der Waals surface area contributed by atoms with Crippen LogP contribution in [0, 0.1) is 0 Å². The molecule has 0 aliphatic rings. The Labute approximate surface area is 77.0 Å². The van der Waals surface area contributed by atoms with Crippen molar-refractivity contribution >= 4 is 5.78 Å². The maximum atomic E-state index is 11.3. The minimum Gasteiger partial charge on any atom is -0.318 e. The Morgan fingerprint density at radius 2 is 2.62 bits per heavy atom.